The molecule has 2 rings (SSSR count). The maximum absolute atomic E-state index is 5.78. The van der Waals surface area contributed by atoms with E-state index in [1.54, 1.807) is 18.4 Å². The third-order valence-electron chi connectivity index (χ3n) is 3.48. The number of aliphatic imine (C=N–C) groups is 1. The average molecular weight is 362 g/mol. The van der Waals surface area contributed by atoms with Crippen LogP contribution in [0.2, 0.25) is 0 Å². The minimum absolute atomic E-state index is 0.573. The van der Waals surface area contributed by atoms with E-state index < -0.39 is 0 Å². The maximum atomic E-state index is 5.78. The highest BCUT2D eigenvalue weighted by Crippen LogP contribution is 2.17. The fourth-order valence-electron chi connectivity index (χ4n) is 2.17. The van der Waals surface area contributed by atoms with Gasteiger partial charge in [-0.15, -0.1) is 11.3 Å². The van der Waals surface area contributed by atoms with Crippen LogP contribution in [0.15, 0.2) is 35.5 Å². The number of nitrogens with zero attached hydrogens (tertiary/aromatic N) is 3. The van der Waals surface area contributed by atoms with Crippen molar-refractivity contribution in [3.05, 3.63) is 40.3 Å². The molecule has 0 aliphatic rings. The first-order valence-electron chi connectivity index (χ1n) is 8.30. The van der Waals surface area contributed by atoms with E-state index >= 15 is 0 Å². The number of aromatic nitrogens is 1. The molecule has 0 spiro atoms. The van der Waals surface area contributed by atoms with Gasteiger partial charge in [-0.3, -0.25) is 0 Å². The van der Waals surface area contributed by atoms with Crippen LogP contribution in [0.1, 0.15) is 16.8 Å². The Morgan fingerprint density at radius 1 is 1.28 bits per heavy atom. The average Bonchev–Trinajstić information content (AvgIpc) is 3.04. The van der Waals surface area contributed by atoms with E-state index in [-0.39, 0.29) is 0 Å². The number of aryl methyl sites for hydroxylation is 1. The Morgan fingerprint density at radius 3 is 2.60 bits per heavy atom. The predicted octanol–water partition coefficient (Wildman–Crippen LogP) is 2.94. The van der Waals surface area contributed by atoms with E-state index in [9.17, 15) is 0 Å². The first kappa shape index (κ1) is 19.1. The van der Waals surface area contributed by atoms with Crippen LogP contribution in [0.4, 0.5) is 0 Å². The fraction of sp³-hybridized carbons (Fsp3) is 0.444. The largest absolute Gasteiger partial charge is 0.497 e. The van der Waals surface area contributed by atoms with E-state index in [4.69, 9.17) is 9.47 Å². The van der Waals surface area contributed by atoms with Gasteiger partial charge in [0.2, 0.25) is 0 Å². The molecule has 1 aromatic carbocycles. The van der Waals surface area contributed by atoms with Crippen LogP contribution in [0.3, 0.4) is 0 Å². The zero-order valence-corrected chi connectivity index (χ0v) is 16.1. The minimum atomic E-state index is 0.573. The summed E-state index contributed by atoms with van der Waals surface area (Å²) in [6, 6.07) is 7.59. The summed E-state index contributed by atoms with van der Waals surface area (Å²) in [5.74, 6) is 2.51. The molecule has 7 heteroatoms. The van der Waals surface area contributed by atoms with Gasteiger partial charge in [-0.2, -0.15) is 0 Å². The van der Waals surface area contributed by atoms with Crippen LogP contribution in [-0.2, 0) is 6.54 Å². The van der Waals surface area contributed by atoms with Gasteiger partial charge in [-0.25, -0.2) is 9.98 Å². The number of ether oxygens (including phenoxy) is 2. The molecule has 0 saturated heterocycles. The van der Waals surface area contributed by atoms with Gasteiger partial charge in [0, 0.05) is 24.7 Å². The second-order valence-corrected chi connectivity index (χ2v) is 6.80. The summed E-state index contributed by atoms with van der Waals surface area (Å²) in [5, 5.41) is 4.33. The van der Waals surface area contributed by atoms with Crippen LogP contribution < -0.4 is 14.8 Å². The minimum Gasteiger partial charge on any atom is -0.497 e. The van der Waals surface area contributed by atoms with Crippen molar-refractivity contribution >= 4 is 17.3 Å². The number of thiazole rings is 1. The smallest absolute Gasteiger partial charge is 0.194 e. The molecule has 0 aliphatic carbocycles. The Morgan fingerprint density at radius 2 is 2.00 bits per heavy atom. The number of likely N-dealkylation sites (N-methyl/N-ethyl adjacent to an activating group) is 1. The molecule has 0 atom stereocenters. The molecule has 136 valence electrons. The third-order valence-corrected chi connectivity index (χ3v) is 4.38. The van der Waals surface area contributed by atoms with Crippen LogP contribution >= 0.6 is 11.3 Å². The van der Waals surface area contributed by atoms with Gasteiger partial charge in [0.25, 0.3) is 0 Å². The van der Waals surface area contributed by atoms with E-state index in [1.807, 2.05) is 37.5 Å². The molecule has 0 fully saturated rings. The van der Waals surface area contributed by atoms with E-state index in [0.717, 1.165) is 35.6 Å². The number of benzene rings is 1. The molecule has 2 aromatic rings. The van der Waals surface area contributed by atoms with E-state index in [1.165, 1.54) is 4.88 Å². The molecule has 25 heavy (non-hydrogen) atoms. The highest BCUT2D eigenvalue weighted by molar-refractivity contribution is 7.11. The van der Waals surface area contributed by atoms with Crippen molar-refractivity contribution in [3.8, 4) is 11.5 Å². The molecule has 0 aliphatic heterocycles. The summed E-state index contributed by atoms with van der Waals surface area (Å²) in [7, 11) is 3.66. The van der Waals surface area contributed by atoms with Crippen molar-refractivity contribution in [2.24, 2.45) is 4.99 Å². The van der Waals surface area contributed by atoms with Gasteiger partial charge < -0.3 is 19.7 Å². The van der Waals surface area contributed by atoms with Gasteiger partial charge >= 0.3 is 0 Å². The lowest BCUT2D eigenvalue weighted by molar-refractivity contribution is 0.281. The fourth-order valence-corrected chi connectivity index (χ4v) is 2.88. The van der Waals surface area contributed by atoms with Crippen molar-refractivity contribution in [1.82, 2.24) is 15.2 Å². The van der Waals surface area contributed by atoms with Crippen LogP contribution in [0, 0.1) is 6.92 Å². The lowest BCUT2D eigenvalue weighted by atomic mass is 10.3. The van der Waals surface area contributed by atoms with Crippen molar-refractivity contribution in [2.75, 3.05) is 33.9 Å². The molecule has 6 nitrogen and oxygen atoms in total. The third kappa shape index (κ3) is 6.26. The van der Waals surface area contributed by atoms with Gasteiger partial charge in [-0.1, -0.05) is 0 Å². The van der Waals surface area contributed by atoms with Gasteiger partial charge in [0.05, 0.1) is 20.2 Å². The van der Waals surface area contributed by atoms with E-state index in [2.05, 4.69) is 34.0 Å². The Bertz CT molecular complexity index is 670. The Kier molecular flexibility index (Phi) is 7.53. The van der Waals surface area contributed by atoms with Gasteiger partial charge in [-0.05, 0) is 38.1 Å². The molecular weight excluding hydrogens is 336 g/mol. The van der Waals surface area contributed by atoms with Crippen molar-refractivity contribution < 1.29 is 9.47 Å². The number of hydrogen-bond donors (Lipinski definition) is 1. The van der Waals surface area contributed by atoms with Crippen molar-refractivity contribution in [3.63, 3.8) is 0 Å². The van der Waals surface area contributed by atoms with E-state index in [0.29, 0.717) is 13.2 Å². The standard InChI is InChI=1S/C18H26N4O2S/c1-5-19-18(21-13-17-20-12-14(2)25-17)22(3)10-11-24-16-8-6-15(23-4)7-9-16/h6-9,12H,5,10-11,13H2,1-4H3,(H,19,21). The molecule has 1 heterocycles. The highest BCUT2D eigenvalue weighted by Gasteiger charge is 2.07. The van der Waals surface area contributed by atoms with Crippen LogP contribution in [0.25, 0.3) is 0 Å². The number of hydrogen-bond acceptors (Lipinski definition) is 5. The van der Waals surface area contributed by atoms with Crippen LogP contribution in [-0.4, -0.2) is 49.7 Å². The second-order valence-electron chi connectivity index (χ2n) is 5.48. The topological polar surface area (TPSA) is 59.0 Å². The first-order chi connectivity index (χ1) is 12.1. The molecule has 0 saturated carbocycles. The van der Waals surface area contributed by atoms with Gasteiger partial charge in [0.1, 0.15) is 23.1 Å². The number of methoxy groups -OCH3 is 1. The molecule has 1 aromatic heterocycles. The number of guanidine groups is 1. The predicted molar refractivity (Wildman–Crippen MR) is 103 cm³/mol. The maximum Gasteiger partial charge on any atom is 0.194 e. The summed E-state index contributed by atoms with van der Waals surface area (Å²) in [4.78, 5) is 12.3. The lowest BCUT2D eigenvalue weighted by Gasteiger charge is -2.22. The number of rotatable bonds is 8. The number of nitrogens with one attached hydrogen (secondary N) is 1. The summed E-state index contributed by atoms with van der Waals surface area (Å²) in [6.07, 6.45) is 1.88. The Labute approximate surface area is 153 Å². The summed E-state index contributed by atoms with van der Waals surface area (Å²) in [5.41, 5.74) is 0. The first-order valence-corrected chi connectivity index (χ1v) is 9.11. The quantitative estimate of drug-likeness (QED) is 0.578. The normalized spacial score (nSPS) is 11.3. The molecule has 0 radical (unpaired) electrons. The Balaban J connectivity index is 1.84. The summed E-state index contributed by atoms with van der Waals surface area (Å²) in [6.45, 7) is 6.83. The molecule has 1 N–H and O–H groups in total. The zero-order chi connectivity index (χ0) is 18.1. The van der Waals surface area contributed by atoms with Crippen LogP contribution in [0.5, 0.6) is 11.5 Å². The lowest BCUT2D eigenvalue weighted by Crippen LogP contribution is -2.40. The highest BCUT2D eigenvalue weighted by atomic mass is 32.1. The summed E-state index contributed by atoms with van der Waals surface area (Å²) < 4.78 is 10.9. The molecular formula is C18H26N4O2S. The summed E-state index contributed by atoms with van der Waals surface area (Å²) >= 11 is 1.68. The monoisotopic (exact) mass is 362 g/mol. The Hall–Kier alpha value is -2.28. The molecule has 0 amide bonds. The van der Waals surface area contributed by atoms with Crippen molar-refractivity contribution in [2.45, 2.75) is 20.4 Å². The molecule has 0 bridgehead atoms. The SMILES string of the molecule is CCNC(=NCc1ncc(C)s1)N(C)CCOc1ccc(OC)cc1. The zero-order valence-electron chi connectivity index (χ0n) is 15.3. The van der Waals surface area contributed by atoms with Crippen molar-refractivity contribution in [1.29, 1.82) is 0 Å². The molecule has 0 unspecified atom stereocenters. The second kappa shape index (κ2) is 9.88. The van der Waals surface area contributed by atoms with Gasteiger partial charge in [0.15, 0.2) is 5.96 Å².